The van der Waals surface area contributed by atoms with Gasteiger partial charge in [0.05, 0.1) is 0 Å². The summed E-state index contributed by atoms with van der Waals surface area (Å²) in [7, 11) is 2.18. The minimum atomic E-state index is 0.572. The summed E-state index contributed by atoms with van der Waals surface area (Å²) in [6, 6.07) is 0.572. The third kappa shape index (κ3) is 3.23. The molecule has 14 heavy (non-hydrogen) atoms. The van der Waals surface area contributed by atoms with Crippen molar-refractivity contribution in [3.8, 4) is 0 Å². The van der Waals surface area contributed by atoms with Crippen LogP contribution < -0.4 is 5.73 Å². The Morgan fingerprint density at radius 2 is 2.14 bits per heavy atom. The van der Waals surface area contributed by atoms with Crippen molar-refractivity contribution in [3.63, 3.8) is 0 Å². The summed E-state index contributed by atoms with van der Waals surface area (Å²) in [5.41, 5.74) is 5.80. The molecule has 0 radical (unpaired) electrons. The lowest BCUT2D eigenvalue weighted by molar-refractivity contribution is 0.0813. The molecule has 2 unspecified atom stereocenters. The first-order valence-corrected chi connectivity index (χ1v) is 5.80. The van der Waals surface area contributed by atoms with Gasteiger partial charge in [0.25, 0.3) is 0 Å². The summed E-state index contributed by atoms with van der Waals surface area (Å²) in [5, 5.41) is 0. The Labute approximate surface area is 88.2 Å². The summed E-state index contributed by atoms with van der Waals surface area (Å²) in [5.74, 6) is 0.799. The number of piperazine rings is 1. The van der Waals surface area contributed by atoms with Gasteiger partial charge in [-0.25, -0.2) is 0 Å². The standard InChI is InChI=1S/C11H25N3/c1-4-10(2)8-14-6-5-13(3)9-11(14)7-12/h10-11H,4-9,12H2,1-3H3. The molecule has 0 aromatic heterocycles. The molecule has 0 spiro atoms. The Morgan fingerprint density at radius 1 is 1.43 bits per heavy atom. The van der Waals surface area contributed by atoms with Crippen LogP contribution in [0.4, 0.5) is 0 Å². The van der Waals surface area contributed by atoms with E-state index in [2.05, 4.69) is 30.7 Å². The van der Waals surface area contributed by atoms with E-state index >= 15 is 0 Å². The zero-order valence-corrected chi connectivity index (χ0v) is 9.87. The van der Waals surface area contributed by atoms with E-state index in [0.717, 1.165) is 19.0 Å². The first-order chi connectivity index (χ1) is 6.67. The molecule has 0 saturated carbocycles. The second-order valence-corrected chi connectivity index (χ2v) is 4.66. The van der Waals surface area contributed by atoms with Gasteiger partial charge in [0.15, 0.2) is 0 Å². The number of nitrogens with zero attached hydrogens (tertiary/aromatic N) is 2. The van der Waals surface area contributed by atoms with Crippen LogP contribution in [0.1, 0.15) is 20.3 Å². The zero-order chi connectivity index (χ0) is 10.6. The molecule has 3 heteroatoms. The van der Waals surface area contributed by atoms with Crippen molar-refractivity contribution in [2.75, 3.05) is 39.8 Å². The van der Waals surface area contributed by atoms with Gasteiger partial charge in [-0.15, -0.1) is 0 Å². The molecule has 2 N–H and O–H groups in total. The monoisotopic (exact) mass is 199 g/mol. The predicted molar refractivity (Wildman–Crippen MR) is 61.4 cm³/mol. The Balaban J connectivity index is 2.41. The van der Waals surface area contributed by atoms with E-state index in [1.807, 2.05) is 0 Å². The van der Waals surface area contributed by atoms with E-state index < -0.39 is 0 Å². The quantitative estimate of drug-likeness (QED) is 0.720. The van der Waals surface area contributed by atoms with Crippen LogP contribution in [0.15, 0.2) is 0 Å². The highest BCUT2D eigenvalue weighted by Crippen LogP contribution is 2.11. The average Bonchev–Trinajstić information content (AvgIpc) is 2.20. The lowest BCUT2D eigenvalue weighted by atomic mass is 10.1. The molecule has 1 aliphatic rings. The first kappa shape index (κ1) is 12.0. The van der Waals surface area contributed by atoms with Crippen molar-refractivity contribution >= 4 is 0 Å². The van der Waals surface area contributed by atoms with E-state index in [1.54, 1.807) is 0 Å². The highest BCUT2D eigenvalue weighted by Gasteiger charge is 2.24. The molecule has 1 aliphatic heterocycles. The SMILES string of the molecule is CCC(C)CN1CCN(C)CC1CN. The second kappa shape index (κ2) is 5.69. The molecule has 1 saturated heterocycles. The van der Waals surface area contributed by atoms with Crippen molar-refractivity contribution in [2.24, 2.45) is 11.7 Å². The molecule has 3 nitrogen and oxygen atoms in total. The summed E-state index contributed by atoms with van der Waals surface area (Å²) in [4.78, 5) is 4.94. The Kier molecular flexibility index (Phi) is 4.85. The molecule has 0 aromatic carbocycles. The lowest BCUT2D eigenvalue weighted by Crippen LogP contribution is -2.55. The summed E-state index contributed by atoms with van der Waals surface area (Å²) in [6.07, 6.45) is 1.27. The first-order valence-electron chi connectivity index (χ1n) is 5.80. The van der Waals surface area contributed by atoms with Gasteiger partial charge in [0.1, 0.15) is 0 Å². The van der Waals surface area contributed by atoms with Crippen LogP contribution in [0.25, 0.3) is 0 Å². The van der Waals surface area contributed by atoms with E-state index in [0.29, 0.717) is 6.04 Å². The third-order valence-corrected chi connectivity index (χ3v) is 3.32. The second-order valence-electron chi connectivity index (χ2n) is 4.66. The molecule has 1 fully saturated rings. The molecule has 84 valence electrons. The van der Waals surface area contributed by atoms with E-state index in [-0.39, 0.29) is 0 Å². The van der Waals surface area contributed by atoms with Crippen LogP contribution in [0.3, 0.4) is 0 Å². The van der Waals surface area contributed by atoms with Gasteiger partial charge in [0.2, 0.25) is 0 Å². The fraction of sp³-hybridized carbons (Fsp3) is 1.00. The summed E-state index contributed by atoms with van der Waals surface area (Å²) in [6.45, 7) is 10.1. The molecule has 2 atom stereocenters. The maximum absolute atomic E-state index is 5.80. The fourth-order valence-corrected chi connectivity index (χ4v) is 2.04. The van der Waals surface area contributed by atoms with Crippen LogP contribution in [0.5, 0.6) is 0 Å². The van der Waals surface area contributed by atoms with Gasteiger partial charge in [-0.3, -0.25) is 4.90 Å². The Bertz CT molecular complexity index is 161. The van der Waals surface area contributed by atoms with Crippen LogP contribution >= 0.6 is 0 Å². The van der Waals surface area contributed by atoms with Crippen molar-refractivity contribution in [1.82, 2.24) is 9.80 Å². The van der Waals surface area contributed by atoms with Crippen molar-refractivity contribution in [3.05, 3.63) is 0 Å². The molecule has 0 amide bonds. The number of nitrogens with two attached hydrogens (primary N) is 1. The van der Waals surface area contributed by atoms with Gasteiger partial charge in [-0.05, 0) is 13.0 Å². The van der Waals surface area contributed by atoms with Crippen LogP contribution in [-0.2, 0) is 0 Å². The molecule has 0 aliphatic carbocycles. The van der Waals surface area contributed by atoms with Crippen molar-refractivity contribution in [2.45, 2.75) is 26.3 Å². The largest absolute Gasteiger partial charge is 0.329 e. The normalized spacial score (nSPS) is 27.9. The van der Waals surface area contributed by atoms with Crippen LogP contribution in [0.2, 0.25) is 0 Å². The fourth-order valence-electron chi connectivity index (χ4n) is 2.04. The van der Waals surface area contributed by atoms with Gasteiger partial charge in [-0.2, -0.15) is 0 Å². The van der Waals surface area contributed by atoms with Gasteiger partial charge in [0, 0.05) is 38.8 Å². The lowest BCUT2D eigenvalue weighted by Gasteiger charge is -2.40. The summed E-state index contributed by atoms with van der Waals surface area (Å²) < 4.78 is 0. The highest BCUT2D eigenvalue weighted by molar-refractivity contribution is 4.82. The molecule has 1 heterocycles. The Morgan fingerprint density at radius 3 is 2.71 bits per heavy atom. The zero-order valence-electron chi connectivity index (χ0n) is 9.87. The maximum atomic E-state index is 5.80. The maximum Gasteiger partial charge on any atom is 0.0346 e. The highest BCUT2D eigenvalue weighted by atomic mass is 15.3. The molecular formula is C11H25N3. The van der Waals surface area contributed by atoms with E-state index in [9.17, 15) is 0 Å². The van der Waals surface area contributed by atoms with E-state index in [1.165, 1.54) is 26.1 Å². The molecular weight excluding hydrogens is 174 g/mol. The molecule has 1 rings (SSSR count). The van der Waals surface area contributed by atoms with Crippen LogP contribution in [-0.4, -0.2) is 55.6 Å². The number of likely N-dealkylation sites (N-methyl/N-ethyl adjacent to an activating group) is 1. The van der Waals surface area contributed by atoms with Crippen molar-refractivity contribution < 1.29 is 0 Å². The average molecular weight is 199 g/mol. The number of hydrogen-bond acceptors (Lipinski definition) is 3. The van der Waals surface area contributed by atoms with Gasteiger partial charge < -0.3 is 10.6 Å². The summed E-state index contributed by atoms with van der Waals surface area (Å²) >= 11 is 0. The topological polar surface area (TPSA) is 32.5 Å². The number of hydrogen-bond donors (Lipinski definition) is 1. The molecule has 0 bridgehead atoms. The van der Waals surface area contributed by atoms with Gasteiger partial charge in [-0.1, -0.05) is 20.3 Å². The molecule has 0 aromatic rings. The van der Waals surface area contributed by atoms with Crippen molar-refractivity contribution in [1.29, 1.82) is 0 Å². The smallest absolute Gasteiger partial charge is 0.0346 e. The van der Waals surface area contributed by atoms with E-state index in [4.69, 9.17) is 5.73 Å². The minimum Gasteiger partial charge on any atom is -0.329 e. The van der Waals surface area contributed by atoms with Gasteiger partial charge >= 0.3 is 0 Å². The third-order valence-electron chi connectivity index (χ3n) is 3.32. The van der Waals surface area contributed by atoms with Crippen LogP contribution in [0, 0.1) is 5.92 Å². The minimum absolute atomic E-state index is 0.572. The Hall–Kier alpha value is -0.120. The number of rotatable bonds is 4. The predicted octanol–water partition coefficient (Wildman–Crippen LogP) is 0.607.